The second kappa shape index (κ2) is 9.47. The van der Waals surface area contributed by atoms with Gasteiger partial charge in [0.15, 0.2) is 0 Å². The number of nitrogens with zero attached hydrogens (tertiary/aromatic N) is 2. The van der Waals surface area contributed by atoms with Crippen LogP contribution in [0.5, 0.6) is 0 Å². The van der Waals surface area contributed by atoms with Crippen molar-refractivity contribution in [3.05, 3.63) is 24.5 Å². The molecule has 0 spiro atoms. The van der Waals surface area contributed by atoms with Crippen LogP contribution in [0.3, 0.4) is 0 Å². The van der Waals surface area contributed by atoms with E-state index in [-0.39, 0.29) is 12.1 Å². The molecule has 1 aromatic rings. The molecular weight excluding hydrogens is 292 g/mol. The summed E-state index contributed by atoms with van der Waals surface area (Å²) in [4.78, 5) is 18.5. The number of amides is 2. The van der Waals surface area contributed by atoms with E-state index in [0.29, 0.717) is 11.6 Å². The molecule has 0 bridgehead atoms. The molecule has 2 heterocycles. The van der Waals surface area contributed by atoms with Crippen LogP contribution in [-0.4, -0.2) is 54.8 Å². The average molecular weight is 320 g/mol. The fourth-order valence-corrected chi connectivity index (χ4v) is 2.96. The summed E-state index contributed by atoms with van der Waals surface area (Å²) in [7, 11) is 0. The van der Waals surface area contributed by atoms with Gasteiger partial charge in [-0.2, -0.15) is 0 Å². The van der Waals surface area contributed by atoms with Crippen molar-refractivity contribution in [1.29, 1.82) is 0 Å². The van der Waals surface area contributed by atoms with Gasteiger partial charge in [-0.3, -0.25) is 4.98 Å². The standard InChI is InChI=1S/C17H28N4O2/c1-3-23-11-5-9-21-10-7-16(14(2)13-21)20-17(22)19-15-6-4-8-18-12-15/h4,6,8,12,14,16H,3,5,7,9-11,13H2,1-2H3,(H2,19,20,22). The second-order valence-electron chi connectivity index (χ2n) is 6.06. The number of hydrogen-bond acceptors (Lipinski definition) is 4. The minimum Gasteiger partial charge on any atom is -0.382 e. The largest absolute Gasteiger partial charge is 0.382 e. The van der Waals surface area contributed by atoms with Crippen molar-refractivity contribution in [3.63, 3.8) is 0 Å². The molecule has 1 aliphatic rings. The average Bonchev–Trinajstić information content (AvgIpc) is 2.55. The zero-order valence-corrected chi connectivity index (χ0v) is 14.1. The Hall–Kier alpha value is -1.66. The Morgan fingerprint density at radius 3 is 3.09 bits per heavy atom. The normalized spacial score (nSPS) is 21.8. The van der Waals surface area contributed by atoms with Crippen LogP contribution < -0.4 is 10.6 Å². The van der Waals surface area contributed by atoms with Crippen LogP contribution in [0, 0.1) is 5.92 Å². The Balaban J connectivity index is 1.70. The Bertz CT molecular complexity index is 469. The molecule has 128 valence electrons. The van der Waals surface area contributed by atoms with Crippen molar-refractivity contribution in [1.82, 2.24) is 15.2 Å². The van der Waals surface area contributed by atoms with Gasteiger partial charge in [0.2, 0.25) is 0 Å². The molecule has 2 amide bonds. The number of aromatic nitrogens is 1. The van der Waals surface area contributed by atoms with E-state index in [0.717, 1.165) is 45.7 Å². The lowest BCUT2D eigenvalue weighted by Gasteiger charge is -2.37. The number of urea groups is 1. The molecule has 2 atom stereocenters. The number of likely N-dealkylation sites (tertiary alicyclic amines) is 1. The highest BCUT2D eigenvalue weighted by atomic mass is 16.5. The Kier molecular flexibility index (Phi) is 7.29. The minimum absolute atomic E-state index is 0.153. The topological polar surface area (TPSA) is 66.5 Å². The molecule has 1 aliphatic heterocycles. The maximum absolute atomic E-state index is 12.1. The first-order chi connectivity index (χ1) is 11.2. The Morgan fingerprint density at radius 1 is 1.52 bits per heavy atom. The Labute approximate surface area is 138 Å². The molecule has 6 nitrogen and oxygen atoms in total. The molecule has 0 radical (unpaired) electrons. The van der Waals surface area contributed by atoms with Gasteiger partial charge in [-0.15, -0.1) is 0 Å². The lowest BCUT2D eigenvalue weighted by molar-refractivity contribution is 0.111. The van der Waals surface area contributed by atoms with E-state index >= 15 is 0 Å². The number of piperidine rings is 1. The van der Waals surface area contributed by atoms with E-state index in [1.807, 2.05) is 13.0 Å². The molecule has 23 heavy (non-hydrogen) atoms. The number of anilines is 1. The predicted molar refractivity (Wildman–Crippen MR) is 91.5 cm³/mol. The molecule has 1 saturated heterocycles. The van der Waals surface area contributed by atoms with Crippen molar-refractivity contribution < 1.29 is 9.53 Å². The van der Waals surface area contributed by atoms with Gasteiger partial charge in [0.1, 0.15) is 0 Å². The summed E-state index contributed by atoms with van der Waals surface area (Å²) in [6, 6.07) is 3.70. The fraction of sp³-hybridized carbons (Fsp3) is 0.647. The van der Waals surface area contributed by atoms with Crippen LogP contribution >= 0.6 is 0 Å². The quantitative estimate of drug-likeness (QED) is 0.757. The van der Waals surface area contributed by atoms with E-state index in [1.165, 1.54) is 0 Å². The van der Waals surface area contributed by atoms with Gasteiger partial charge >= 0.3 is 6.03 Å². The van der Waals surface area contributed by atoms with Crippen LogP contribution in [0.15, 0.2) is 24.5 Å². The van der Waals surface area contributed by atoms with Crippen molar-refractivity contribution in [2.75, 3.05) is 38.2 Å². The summed E-state index contributed by atoms with van der Waals surface area (Å²) < 4.78 is 5.38. The first-order valence-electron chi connectivity index (χ1n) is 8.46. The van der Waals surface area contributed by atoms with Crippen LogP contribution in [-0.2, 0) is 4.74 Å². The van der Waals surface area contributed by atoms with Gasteiger partial charge in [-0.05, 0) is 37.8 Å². The molecule has 1 aromatic heterocycles. The van der Waals surface area contributed by atoms with Crippen molar-refractivity contribution >= 4 is 11.7 Å². The van der Waals surface area contributed by atoms with Crippen molar-refractivity contribution in [3.8, 4) is 0 Å². The summed E-state index contributed by atoms with van der Waals surface area (Å²) in [5, 5.41) is 5.91. The van der Waals surface area contributed by atoms with Crippen LogP contribution in [0.1, 0.15) is 26.7 Å². The number of pyridine rings is 1. The second-order valence-corrected chi connectivity index (χ2v) is 6.06. The van der Waals surface area contributed by atoms with E-state index in [4.69, 9.17) is 4.74 Å². The minimum atomic E-state index is -0.153. The molecule has 0 aliphatic carbocycles. The molecule has 6 heteroatoms. The summed E-state index contributed by atoms with van der Waals surface area (Å²) in [6.45, 7) is 8.95. The van der Waals surface area contributed by atoms with Gasteiger partial charge in [-0.1, -0.05) is 6.92 Å². The third kappa shape index (κ3) is 6.15. The molecule has 0 saturated carbocycles. The van der Waals surface area contributed by atoms with Crippen molar-refractivity contribution in [2.45, 2.75) is 32.7 Å². The van der Waals surface area contributed by atoms with E-state index < -0.39 is 0 Å². The van der Waals surface area contributed by atoms with Gasteiger partial charge < -0.3 is 20.3 Å². The number of hydrogen-bond donors (Lipinski definition) is 2. The summed E-state index contributed by atoms with van der Waals surface area (Å²) in [5.74, 6) is 0.440. The lowest BCUT2D eigenvalue weighted by Crippen LogP contribution is -2.51. The molecular formula is C17H28N4O2. The number of carbonyl (C=O) groups excluding carboxylic acids is 1. The number of nitrogens with one attached hydrogen (secondary N) is 2. The highest BCUT2D eigenvalue weighted by molar-refractivity contribution is 5.89. The third-order valence-electron chi connectivity index (χ3n) is 4.19. The number of carbonyl (C=O) groups is 1. The van der Waals surface area contributed by atoms with Gasteiger partial charge in [0.25, 0.3) is 0 Å². The van der Waals surface area contributed by atoms with Gasteiger partial charge in [0, 0.05) is 45.1 Å². The van der Waals surface area contributed by atoms with Crippen molar-refractivity contribution in [2.24, 2.45) is 5.92 Å². The van der Waals surface area contributed by atoms with E-state index in [2.05, 4.69) is 27.4 Å². The number of rotatable bonds is 7. The smallest absolute Gasteiger partial charge is 0.319 e. The van der Waals surface area contributed by atoms with E-state index in [1.54, 1.807) is 18.5 Å². The molecule has 2 N–H and O–H groups in total. The highest BCUT2D eigenvalue weighted by Gasteiger charge is 2.26. The summed E-state index contributed by atoms with van der Waals surface area (Å²) in [6.07, 6.45) is 5.38. The molecule has 2 unspecified atom stereocenters. The molecule has 2 rings (SSSR count). The third-order valence-corrected chi connectivity index (χ3v) is 4.19. The molecule has 1 fully saturated rings. The highest BCUT2D eigenvalue weighted by Crippen LogP contribution is 2.17. The predicted octanol–water partition coefficient (Wildman–Crippen LogP) is 2.34. The van der Waals surface area contributed by atoms with Crippen LogP contribution in [0.4, 0.5) is 10.5 Å². The Morgan fingerprint density at radius 2 is 2.39 bits per heavy atom. The van der Waals surface area contributed by atoms with E-state index in [9.17, 15) is 4.79 Å². The number of ether oxygens (including phenoxy) is 1. The van der Waals surface area contributed by atoms with Crippen LogP contribution in [0.25, 0.3) is 0 Å². The first-order valence-corrected chi connectivity index (χ1v) is 8.46. The van der Waals surface area contributed by atoms with Gasteiger partial charge in [0.05, 0.1) is 11.9 Å². The maximum Gasteiger partial charge on any atom is 0.319 e. The van der Waals surface area contributed by atoms with Crippen LogP contribution in [0.2, 0.25) is 0 Å². The molecule has 0 aromatic carbocycles. The maximum atomic E-state index is 12.1. The zero-order chi connectivity index (χ0) is 16.5. The fourth-order valence-electron chi connectivity index (χ4n) is 2.96. The zero-order valence-electron chi connectivity index (χ0n) is 14.1. The lowest BCUT2D eigenvalue weighted by atomic mass is 9.94. The monoisotopic (exact) mass is 320 g/mol. The first kappa shape index (κ1) is 17.7. The summed E-state index contributed by atoms with van der Waals surface area (Å²) in [5.41, 5.74) is 0.714. The summed E-state index contributed by atoms with van der Waals surface area (Å²) >= 11 is 0. The SMILES string of the molecule is CCOCCCN1CCC(NC(=O)Nc2cccnc2)C(C)C1. The van der Waals surface area contributed by atoms with Gasteiger partial charge in [-0.25, -0.2) is 4.79 Å².